The maximum Gasteiger partial charge on any atom is 0.330 e. The van der Waals surface area contributed by atoms with Crippen LogP contribution in [0.5, 0.6) is 5.75 Å². The van der Waals surface area contributed by atoms with E-state index in [2.05, 4.69) is 56.0 Å². The maximum atomic E-state index is 11.1. The first-order valence-electron chi connectivity index (χ1n) is 9.14. The van der Waals surface area contributed by atoms with Crippen molar-refractivity contribution >= 4 is 27.4 Å². The number of carbonyl (C=O) groups is 1. The summed E-state index contributed by atoms with van der Waals surface area (Å²) in [5, 5.41) is 1.22. The van der Waals surface area contributed by atoms with Gasteiger partial charge in [-0.15, -0.1) is 11.3 Å². The van der Waals surface area contributed by atoms with Crippen LogP contribution in [0, 0.1) is 5.92 Å². The Morgan fingerprint density at radius 2 is 2.00 bits per heavy atom. The highest BCUT2D eigenvalue weighted by Gasteiger charge is 2.10. The molecule has 3 rings (SSSR count). The van der Waals surface area contributed by atoms with Gasteiger partial charge in [0.1, 0.15) is 5.75 Å². The molecule has 27 heavy (non-hydrogen) atoms. The molecule has 0 spiro atoms. The Labute approximate surface area is 164 Å². The summed E-state index contributed by atoms with van der Waals surface area (Å²) in [4.78, 5) is 12.4. The van der Waals surface area contributed by atoms with Crippen LogP contribution in [0.15, 0.2) is 61.2 Å². The molecule has 0 aliphatic rings. The van der Waals surface area contributed by atoms with Crippen molar-refractivity contribution in [2.24, 2.45) is 5.92 Å². The molecule has 0 aliphatic heterocycles. The molecule has 0 amide bonds. The van der Waals surface area contributed by atoms with Gasteiger partial charge in [0.05, 0.1) is 13.2 Å². The number of hydrogen-bond donors (Lipinski definition) is 0. The first-order chi connectivity index (χ1) is 13.1. The highest BCUT2D eigenvalue weighted by molar-refractivity contribution is 7.22. The predicted molar refractivity (Wildman–Crippen MR) is 112 cm³/mol. The monoisotopic (exact) mass is 380 g/mol. The smallest absolute Gasteiger partial charge is 0.330 e. The van der Waals surface area contributed by atoms with Crippen LogP contribution < -0.4 is 4.74 Å². The van der Waals surface area contributed by atoms with E-state index in [9.17, 15) is 4.79 Å². The van der Waals surface area contributed by atoms with E-state index >= 15 is 0 Å². The van der Waals surface area contributed by atoms with Crippen LogP contribution in [-0.2, 0) is 16.0 Å². The van der Waals surface area contributed by atoms with Crippen molar-refractivity contribution in [1.82, 2.24) is 0 Å². The second-order valence-electron chi connectivity index (χ2n) is 6.57. The molecular weight excluding hydrogens is 356 g/mol. The Bertz CT molecular complexity index is 942. The van der Waals surface area contributed by atoms with Crippen molar-refractivity contribution in [3.05, 3.63) is 66.7 Å². The van der Waals surface area contributed by atoms with Gasteiger partial charge >= 0.3 is 5.97 Å². The number of aryl methyl sites for hydroxylation is 1. The van der Waals surface area contributed by atoms with Crippen molar-refractivity contribution in [2.45, 2.75) is 20.3 Å². The first kappa shape index (κ1) is 19.2. The van der Waals surface area contributed by atoms with Crippen molar-refractivity contribution in [3.8, 4) is 16.2 Å². The van der Waals surface area contributed by atoms with Crippen LogP contribution in [0.4, 0.5) is 0 Å². The van der Waals surface area contributed by atoms with Gasteiger partial charge in [0.25, 0.3) is 0 Å². The summed E-state index contributed by atoms with van der Waals surface area (Å²) in [7, 11) is 0. The molecule has 1 unspecified atom stereocenters. The predicted octanol–water partition coefficient (Wildman–Crippen LogP) is 5.87. The number of ether oxygens (including phenoxy) is 2. The van der Waals surface area contributed by atoms with E-state index in [0.717, 1.165) is 12.2 Å². The molecule has 3 nitrogen and oxygen atoms in total. The van der Waals surface area contributed by atoms with Gasteiger partial charge in [0, 0.05) is 21.6 Å². The van der Waals surface area contributed by atoms with Crippen LogP contribution in [0.1, 0.15) is 19.4 Å². The molecule has 0 radical (unpaired) electrons. The van der Waals surface area contributed by atoms with E-state index in [4.69, 9.17) is 9.47 Å². The molecule has 140 valence electrons. The van der Waals surface area contributed by atoms with Crippen molar-refractivity contribution in [3.63, 3.8) is 0 Å². The van der Waals surface area contributed by atoms with Gasteiger partial charge in [0.2, 0.25) is 0 Å². The zero-order chi connectivity index (χ0) is 19.2. The number of thiophene rings is 1. The van der Waals surface area contributed by atoms with Crippen LogP contribution in [0.25, 0.3) is 20.5 Å². The lowest BCUT2D eigenvalue weighted by molar-refractivity contribution is -0.139. The Hall–Kier alpha value is -2.59. The van der Waals surface area contributed by atoms with Crippen molar-refractivity contribution < 1.29 is 14.3 Å². The number of benzene rings is 2. The molecule has 3 aromatic rings. The fraction of sp³-hybridized carbons (Fsp3) is 0.261. The molecular formula is C23H24O3S. The molecule has 0 bridgehead atoms. The lowest BCUT2D eigenvalue weighted by atomic mass is 10.0. The molecule has 1 atom stereocenters. The van der Waals surface area contributed by atoms with Crippen LogP contribution >= 0.6 is 11.3 Å². The highest BCUT2D eigenvalue weighted by Crippen LogP contribution is 2.37. The molecule has 1 aromatic heterocycles. The van der Waals surface area contributed by atoms with Crippen LogP contribution in [0.2, 0.25) is 0 Å². The van der Waals surface area contributed by atoms with E-state index in [1.54, 1.807) is 11.3 Å². The number of esters is 1. The number of carbonyl (C=O) groups excluding carboxylic acids is 1. The van der Waals surface area contributed by atoms with Gasteiger partial charge in [-0.05, 0) is 47.2 Å². The molecule has 0 saturated heterocycles. The summed E-state index contributed by atoms with van der Waals surface area (Å²) in [5.74, 6) is 0.545. The second kappa shape index (κ2) is 8.87. The molecule has 0 fully saturated rings. The molecule has 2 aromatic carbocycles. The molecule has 0 aliphatic carbocycles. The first-order valence-corrected chi connectivity index (χ1v) is 9.96. The summed E-state index contributed by atoms with van der Waals surface area (Å²) in [6.45, 7) is 8.38. The van der Waals surface area contributed by atoms with Gasteiger partial charge in [-0.3, -0.25) is 0 Å². The number of hydrogen-bond acceptors (Lipinski definition) is 4. The highest BCUT2D eigenvalue weighted by atomic mass is 32.1. The van der Waals surface area contributed by atoms with E-state index in [-0.39, 0.29) is 5.92 Å². The van der Waals surface area contributed by atoms with Gasteiger partial charge < -0.3 is 9.47 Å². The zero-order valence-electron chi connectivity index (χ0n) is 15.7. The average molecular weight is 381 g/mol. The summed E-state index contributed by atoms with van der Waals surface area (Å²) in [6.07, 6.45) is 2.19. The third kappa shape index (κ3) is 4.77. The average Bonchev–Trinajstić information content (AvgIpc) is 3.13. The van der Waals surface area contributed by atoms with E-state index < -0.39 is 5.97 Å². The van der Waals surface area contributed by atoms with Crippen molar-refractivity contribution in [2.75, 3.05) is 13.2 Å². The maximum absolute atomic E-state index is 11.1. The van der Waals surface area contributed by atoms with E-state index in [1.807, 2.05) is 13.0 Å². The van der Waals surface area contributed by atoms with Gasteiger partial charge in [-0.25, -0.2) is 4.79 Å². The third-order valence-corrected chi connectivity index (χ3v) is 5.50. The molecule has 0 N–H and O–H groups in total. The van der Waals surface area contributed by atoms with E-state index in [1.165, 1.54) is 32.2 Å². The fourth-order valence-electron chi connectivity index (χ4n) is 2.87. The summed E-state index contributed by atoms with van der Waals surface area (Å²) in [6, 6.07) is 17.0. The lowest BCUT2D eigenvalue weighted by Crippen LogP contribution is -2.16. The Kier molecular flexibility index (Phi) is 6.30. The number of fused-ring (bicyclic) bond motifs is 1. The summed E-state index contributed by atoms with van der Waals surface area (Å²) in [5.41, 5.74) is 2.67. The second-order valence-corrected chi connectivity index (χ2v) is 7.66. The third-order valence-electron chi connectivity index (χ3n) is 4.37. The lowest BCUT2D eigenvalue weighted by Gasteiger charge is -2.13. The SMILES string of the molecule is C=CC(=O)OCC(C)COc1ccc2cc(-c3ccccc3CC)sc2c1. The van der Waals surface area contributed by atoms with Crippen molar-refractivity contribution in [1.29, 1.82) is 0 Å². The van der Waals surface area contributed by atoms with Crippen LogP contribution in [-0.4, -0.2) is 19.2 Å². The minimum absolute atomic E-state index is 0.111. The van der Waals surface area contributed by atoms with Gasteiger partial charge in [0.15, 0.2) is 0 Å². The van der Waals surface area contributed by atoms with E-state index in [0.29, 0.717) is 13.2 Å². The summed E-state index contributed by atoms with van der Waals surface area (Å²) >= 11 is 1.79. The fourth-order valence-corrected chi connectivity index (χ4v) is 4.02. The summed E-state index contributed by atoms with van der Waals surface area (Å²) < 4.78 is 12.1. The zero-order valence-corrected chi connectivity index (χ0v) is 16.6. The van der Waals surface area contributed by atoms with Gasteiger partial charge in [-0.2, -0.15) is 0 Å². The molecule has 0 saturated carbocycles. The molecule has 4 heteroatoms. The largest absolute Gasteiger partial charge is 0.493 e. The topological polar surface area (TPSA) is 35.5 Å². The standard InChI is InChI=1S/C23H24O3S/c1-4-17-8-6-7-9-20(17)22-12-18-10-11-19(13-21(18)27-22)25-14-16(3)15-26-23(24)5-2/h5-13,16H,2,4,14-15H2,1,3H3. The van der Waals surface area contributed by atoms with Gasteiger partial charge in [-0.1, -0.05) is 44.7 Å². The Morgan fingerprint density at radius 1 is 1.19 bits per heavy atom. The van der Waals surface area contributed by atoms with Crippen LogP contribution in [0.3, 0.4) is 0 Å². The Balaban J connectivity index is 1.70. The quantitative estimate of drug-likeness (QED) is 0.362. The normalized spacial score (nSPS) is 11.9. The minimum Gasteiger partial charge on any atom is -0.493 e. The minimum atomic E-state index is -0.401. The molecule has 1 heterocycles. The Morgan fingerprint density at radius 3 is 2.78 bits per heavy atom. The number of rotatable bonds is 8.